The number of fused-ring (bicyclic) bond motifs is 1. The molecule has 0 N–H and O–H groups in total. The monoisotopic (exact) mass is 415 g/mol. The van der Waals surface area contributed by atoms with Crippen LogP contribution >= 0.6 is 0 Å². The molecule has 1 amide bonds. The summed E-state index contributed by atoms with van der Waals surface area (Å²) in [6, 6.07) is 9.46. The average molecular weight is 416 g/mol. The van der Waals surface area contributed by atoms with Crippen molar-refractivity contribution in [3.63, 3.8) is 0 Å². The lowest BCUT2D eigenvalue weighted by molar-refractivity contribution is -0.121. The summed E-state index contributed by atoms with van der Waals surface area (Å²) in [6.45, 7) is 4.58. The van der Waals surface area contributed by atoms with Crippen LogP contribution in [0.2, 0.25) is 0 Å². The molecular weight excluding hydrogens is 390 g/mol. The predicted molar refractivity (Wildman–Crippen MR) is 110 cm³/mol. The Morgan fingerprint density at radius 2 is 1.79 bits per heavy atom. The molecular formula is C21H25N3O4S. The molecule has 0 bridgehead atoms. The number of carbonyl (C=O) groups is 1. The molecule has 8 heteroatoms. The van der Waals surface area contributed by atoms with E-state index >= 15 is 0 Å². The lowest BCUT2D eigenvalue weighted by atomic mass is 10.1. The SMILES string of the molecule is C[C@H](C(=O)N1c2ccccc2C[C@@H]1C)n1cc(S(=O)(=O)N2CCCC2)ccc1=O. The highest BCUT2D eigenvalue weighted by atomic mass is 32.2. The summed E-state index contributed by atoms with van der Waals surface area (Å²) in [5, 5.41) is 0. The zero-order valence-electron chi connectivity index (χ0n) is 16.6. The predicted octanol–water partition coefficient (Wildman–Crippen LogP) is 2.17. The van der Waals surface area contributed by atoms with Gasteiger partial charge in [-0.05, 0) is 50.8 Å². The first-order valence-electron chi connectivity index (χ1n) is 9.94. The van der Waals surface area contributed by atoms with Gasteiger partial charge in [0.25, 0.3) is 5.56 Å². The quantitative estimate of drug-likeness (QED) is 0.767. The van der Waals surface area contributed by atoms with Crippen LogP contribution in [0.1, 0.15) is 38.3 Å². The van der Waals surface area contributed by atoms with Crippen LogP contribution in [-0.4, -0.2) is 42.3 Å². The number of carbonyl (C=O) groups excluding carboxylic acids is 1. The number of aromatic nitrogens is 1. The molecule has 2 aliphatic heterocycles. The maximum Gasteiger partial charge on any atom is 0.251 e. The second-order valence-corrected chi connectivity index (χ2v) is 9.73. The number of nitrogens with zero attached hydrogens (tertiary/aromatic N) is 3. The lowest BCUT2D eigenvalue weighted by Crippen LogP contribution is -2.42. The van der Waals surface area contributed by atoms with Crippen LogP contribution < -0.4 is 10.5 Å². The molecule has 1 saturated heterocycles. The third-order valence-electron chi connectivity index (χ3n) is 5.83. The summed E-state index contributed by atoms with van der Waals surface area (Å²) in [6.07, 6.45) is 3.73. The maximum absolute atomic E-state index is 13.3. The summed E-state index contributed by atoms with van der Waals surface area (Å²) in [5.41, 5.74) is 1.55. The molecule has 0 unspecified atom stereocenters. The number of para-hydroxylation sites is 1. The molecule has 2 aliphatic rings. The summed E-state index contributed by atoms with van der Waals surface area (Å²) in [7, 11) is -3.67. The Bertz CT molecular complexity index is 1100. The molecule has 7 nitrogen and oxygen atoms in total. The molecule has 0 saturated carbocycles. The van der Waals surface area contributed by atoms with E-state index in [0.29, 0.717) is 13.1 Å². The van der Waals surface area contributed by atoms with Gasteiger partial charge >= 0.3 is 0 Å². The van der Waals surface area contributed by atoms with Crippen molar-refractivity contribution < 1.29 is 13.2 Å². The molecule has 0 spiro atoms. The molecule has 154 valence electrons. The number of hydrogen-bond donors (Lipinski definition) is 0. The van der Waals surface area contributed by atoms with Crippen molar-refractivity contribution in [2.45, 2.75) is 50.1 Å². The van der Waals surface area contributed by atoms with Gasteiger partial charge in [0, 0.05) is 37.1 Å². The fourth-order valence-corrected chi connectivity index (χ4v) is 5.76. The van der Waals surface area contributed by atoms with Crippen molar-refractivity contribution in [3.8, 4) is 0 Å². The average Bonchev–Trinajstić information content (AvgIpc) is 3.35. The van der Waals surface area contributed by atoms with Gasteiger partial charge in [-0.15, -0.1) is 0 Å². The van der Waals surface area contributed by atoms with Crippen LogP contribution in [0.25, 0.3) is 0 Å². The molecule has 4 rings (SSSR count). The first-order chi connectivity index (χ1) is 13.8. The van der Waals surface area contributed by atoms with Crippen molar-refractivity contribution in [2.24, 2.45) is 0 Å². The van der Waals surface area contributed by atoms with Crippen LogP contribution in [0.4, 0.5) is 5.69 Å². The van der Waals surface area contributed by atoms with Gasteiger partial charge in [-0.3, -0.25) is 9.59 Å². The Morgan fingerprint density at radius 3 is 2.52 bits per heavy atom. The van der Waals surface area contributed by atoms with Gasteiger partial charge in [0.2, 0.25) is 15.9 Å². The number of benzene rings is 1. The zero-order valence-corrected chi connectivity index (χ0v) is 17.4. The van der Waals surface area contributed by atoms with Gasteiger partial charge in [-0.1, -0.05) is 18.2 Å². The van der Waals surface area contributed by atoms with E-state index in [-0.39, 0.29) is 16.8 Å². The van der Waals surface area contributed by atoms with E-state index in [2.05, 4.69) is 0 Å². The highest BCUT2D eigenvalue weighted by Gasteiger charge is 2.34. The smallest absolute Gasteiger partial charge is 0.251 e. The molecule has 1 fully saturated rings. The van der Waals surface area contributed by atoms with Crippen LogP contribution in [0.15, 0.2) is 52.3 Å². The minimum absolute atomic E-state index is 0.0189. The molecule has 0 aliphatic carbocycles. The molecule has 29 heavy (non-hydrogen) atoms. The Kier molecular flexibility index (Phi) is 5.08. The van der Waals surface area contributed by atoms with Gasteiger partial charge in [0.05, 0.1) is 4.90 Å². The van der Waals surface area contributed by atoms with Gasteiger partial charge in [-0.2, -0.15) is 4.31 Å². The second kappa shape index (κ2) is 7.42. The highest BCUT2D eigenvalue weighted by Crippen LogP contribution is 2.33. The number of anilines is 1. The van der Waals surface area contributed by atoms with Crippen LogP contribution in [0.3, 0.4) is 0 Å². The molecule has 2 aromatic rings. The summed E-state index contributed by atoms with van der Waals surface area (Å²) < 4.78 is 28.4. The van der Waals surface area contributed by atoms with Crippen LogP contribution in [-0.2, 0) is 21.2 Å². The number of sulfonamides is 1. The number of pyridine rings is 1. The van der Waals surface area contributed by atoms with E-state index < -0.39 is 21.6 Å². The highest BCUT2D eigenvalue weighted by molar-refractivity contribution is 7.89. The summed E-state index contributed by atoms with van der Waals surface area (Å²) in [5.74, 6) is -0.222. The summed E-state index contributed by atoms with van der Waals surface area (Å²) in [4.78, 5) is 27.6. The van der Waals surface area contributed by atoms with E-state index in [4.69, 9.17) is 0 Å². The number of amides is 1. The van der Waals surface area contributed by atoms with E-state index in [1.54, 1.807) is 11.8 Å². The first-order valence-corrected chi connectivity index (χ1v) is 11.4. The molecule has 3 heterocycles. The molecule has 1 aromatic carbocycles. The maximum atomic E-state index is 13.3. The molecule has 1 aromatic heterocycles. The molecule has 2 atom stereocenters. The van der Waals surface area contributed by atoms with Crippen LogP contribution in [0, 0.1) is 0 Å². The second-order valence-electron chi connectivity index (χ2n) is 7.79. The van der Waals surface area contributed by atoms with E-state index in [0.717, 1.165) is 30.5 Å². The lowest BCUT2D eigenvalue weighted by Gasteiger charge is -2.27. The normalized spacial score (nSPS) is 20.6. The van der Waals surface area contributed by atoms with Crippen molar-refractivity contribution in [3.05, 3.63) is 58.5 Å². The minimum atomic E-state index is -3.67. The van der Waals surface area contributed by atoms with E-state index in [9.17, 15) is 18.0 Å². The first kappa shape index (κ1) is 19.8. The van der Waals surface area contributed by atoms with Gasteiger partial charge < -0.3 is 9.47 Å². The van der Waals surface area contributed by atoms with E-state index in [1.807, 2.05) is 31.2 Å². The van der Waals surface area contributed by atoms with Crippen molar-refractivity contribution in [1.29, 1.82) is 0 Å². The van der Waals surface area contributed by atoms with Gasteiger partial charge in [0.1, 0.15) is 6.04 Å². The Labute approximate surface area is 170 Å². The Morgan fingerprint density at radius 1 is 1.10 bits per heavy atom. The fourth-order valence-electron chi connectivity index (χ4n) is 4.24. The van der Waals surface area contributed by atoms with Crippen LogP contribution in [0.5, 0.6) is 0 Å². The number of hydrogen-bond acceptors (Lipinski definition) is 4. The van der Waals surface area contributed by atoms with E-state index in [1.165, 1.54) is 27.2 Å². The number of rotatable bonds is 4. The van der Waals surface area contributed by atoms with Crippen molar-refractivity contribution in [2.75, 3.05) is 18.0 Å². The topological polar surface area (TPSA) is 79.7 Å². The Hall–Kier alpha value is -2.45. The molecule has 0 radical (unpaired) electrons. The largest absolute Gasteiger partial charge is 0.307 e. The minimum Gasteiger partial charge on any atom is -0.307 e. The zero-order chi connectivity index (χ0) is 20.8. The third kappa shape index (κ3) is 3.40. The third-order valence-corrected chi connectivity index (χ3v) is 7.72. The van der Waals surface area contributed by atoms with Crippen molar-refractivity contribution >= 4 is 21.6 Å². The van der Waals surface area contributed by atoms with Crippen molar-refractivity contribution in [1.82, 2.24) is 8.87 Å². The Balaban J connectivity index is 1.68. The van der Waals surface area contributed by atoms with Gasteiger partial charge in [0.15, 0.2) is 0 Å². The standard InChI is InChI=1S/C21H25N3O4S/c1-15-13-17-7-3-4-8-19(17)24(15)21(26)16(2)23-14-18(9-10-20(23)25)29(27,28)22-11-5-6-12-22/h3-4,7-10,14-16H,5-6,11-13H2,1-2H3/t15-,16+/m0/s1. The van der Waals surface area contributed by atoms with Gasteiger partial charge in [-0.25, -0.2) is 8.42 Å². The summed E-state index contributed by atoms with van der Waals surface area (Å²) >= 11 is 0. The fraction of sp³-hybridized carbons (Fsp3) is 0.429.